The van der Waals surface area contributed by atoms with Crippen LogP contribution in [0.3, 0.4) is 0 Å². The minimum atomic E-state index is 1.22. The Labute approximate surface area is 94.0 Å². The smallest absolute Gasteiger partial charge is 0.0257 e. The Morgan fingerprint density at radius 1 is 1.13 bits per heavy atom. The lowest BCUT2D eigenvalue weighted by Gasteiger charge is -1.96. The van der Waals surface area contributed by atoms with Gasteiger partial charge in [-0.05, 0) is 25.3 Å². The van der Waals surface area contributed by atoms with E-state index in [1.807, 2.05) is 0 Å². The maximum Gasteiger partial charge on any atom is -0.0257 e. The highest BCUT2D eigenvalue weighted by atomic mass is 13.9. The maximum absolute atomic E-state index is 2.30. The summed E-state index contributed by atoms with van der Waals surface area (Å²) in [5.74, 6) is 0. The molecule has 82 valence electrons. The number of hydrogen-bond donors (Lipinski definition) is 0. The second-order valence-electron chi connectivity index (χ2n) is 4.17. The van der Waals surface area contributed by atoms with Gasteiger partial charge >= 0.3 is 0 Å². The van der Waals surface area contributed by atoms with Gasteiger partial charge in [-0.2, -0.15) is 0 Å². The SMILES string of the molecule is CCCCCC/C=C/c1cccc(C)c1. The minimum absolute atomic E-state index is 1.22. The highest BCUT2D eigenvalue weighted by Gasteiger charge is 1.87. The second kappa shape index (κ2) is 7.28. The van der Waals surface area contributed by atoms with Crippen molar-refractivity contribution in [3.63, 3.8) is 0 Å². The lowest BCUT2D eigenvalue weighted by atomic mass is 10.1. The lowest BCUT2D eigenvalue weighted by Crippen LogP contribution is -1.76. The van der Waals surface area contributed by atoms with E-state index in [9.17, 15) is 0 Å². The minimum Gasteiger partial charge on any atom is -0.0839 e. The quantitative estimate of drug-likeness (QED) is 0.571. The van der Waals surface area contributed by atoms with Gasteiger partial charge in [-0.25, -0.2) is 0 Å². The summed E-state index contributed by atoms with van der Waals surface area (Å²) in [4.78, 5) is 0. The number of aryl methyl sites for hydroxylation is 1. The summed E-state index contributed by atoms with van der Waals surface area (Å²) in [7, 11) is 0. The topological polar surface area (TPSA) is 0 Å². The normalized spacial score (nSPS) is 11.1. The van der Waals surface area contributed by atoms with Crippen molar-refractivity contribution in [1.82, 2.24) is 0 Å². The molecule has 0 heteroatoms. The average Bonchev–Trinajstić information content (AvgIpc) is 2.23. The molecule has 1 aromatic rings. The van der Waals surface area contributed by atoms with Crippen molar-refractivity contribution in [2.75, 3.05) is 0 Å². The van der Waals surface area contributed by atoms with Crippen LogP contribution < -0.4 is 0 Å². The first-order chi connectivity index (χ1) is 7.33. The first kappa shape index (κ1) is 12.0. The molecule has 0 bridgehead atoms. The third-order valence-corrected chi connectivity index (χ3v) is 2.58. The van der Waals surface area contributed by atoms with Crippen LogP contribution in [0.4, 0.5) is 0 Å². The Bertz CT molecular complexity index is 297. The standard InChI is InChI=1S/C15H22/c1-3-4-5-6-7-8-11-15-12-9-10-14(2)13-15/h8-13H,3-7H2,1-2H3/b11-8+. The largest absolute Gasteiger partial charge is 0.0839 e. The Hall–Kier alpha value is -1.04. The molecule has 0 aromatic heterocycles. The zero-order chi connectivity index (χ0) is 10.9. The fourth-order valence-electron chi connectivity index (χ4n) is 1.68. The van der Waals surface area contributed by atoms with Crippen LogP contribution in [-0.4, -0.2) is 0 Å². The molecule has 0 spiro atoms. The van der Waals surface area contributed by atoms with E-state index in [0.717, 1.165) is 0 Å². The predicted molar refractivity (Wildman–Crippen MR) is 69.0 cm³/mol. The number of unbranched alkanes of at least 4 members (excludes halogenated alkanes) is 4. The summed E-state index contributed by atoms with van der Waals surface area (Å²) < 4.78 is 0. The van der Waals surface area contributed by atoms with Crippen LogP contribution in [0, 0.1) is 6.92 Å². The molecule has 0 aliphatic carbocycles. The molecular weight excluding hydrogens is 180 g/mol. The molecule has 1 rings (SSSR count). The molecule has 0 amide bonds. The van der Waals surface area contributed by atoms with Gasteiger partial charge in [0.25, 0.3) is 0 Å². The maximum atomic E-state index is 2.30. The molecule has 0 aliphatic rings. The molecule has 0 nitrogen and oxygen atoms in total. The summed E-state index contributed by atoms with van der Waals surface area (Å²) in [5, 5.41) is 0. The lowest BCUT2D eigenvalue weighted by molar-refractivity contribution is 0.675. The van der Waals surface area contributed by atoms with E-state index < -0.39 is 0 Å². The molecule has 0 aliphatic heterocycles. The molecule has 0 radical (unpaired) electrons. The summed E-state index contributed by atoms with van der Waals surface area (Å²) in [5.41, 5.74) is 2.66. The van der Waals surface area contributed by atoms with Gasteiger partial charge in [-0.15, -0.1) is 0 Å². The first-order valence-corrected chi connectivity index (χ1v) is 6.06. The van der Waals surface area contributed by atoms with Gasteiger partial charge in [-0.1, -0.05) is 68.2 Å². The molecule has 0 saturated heterocycles. The van der Waals surface area contributed by atoms with E-state index >= 15 is 0 Å². The van der Waals surface area contributed by atoms with Crippen molar-refractivity contribution >= 4 is 6.08 Å². The highest BCUT2D eigenvalue weighted by molar-refractivity contribution is 5.49. The van der Waals surface area contributed by atoms with Crippen LogP contribution in [0.15, 0.2) is 30.3 Å². The molecule has 0 heterocycles. The van der Waals surface area contributed by atoms with Crippen molar-refractivity contribution in [3.05, 3.63) is 41.5 Å². The van der Waals surface area contributed by atoms with Crippen LogP contribution in [-0.2, 0) is 0 Å². The fraction of sp³-hybridized carbons (Fsp3) is 0.467. The third kappa shape index (κ3) is 5.41. The number of benzene rings is 1. The van der Waals surface area contributed by atoms with Gasteiger partial charge in [0.15, 0.2) is 0 Å². The molecule has 0 N–H and O–H groups in total. The zero-order valence-electron chi connectivity index (χ0n) is 10.00. The molecule has 1 aromatic carbocycles. The Morgan fingerprint density at radius 2 is 2.00 bits per heavy atom. The van der Waals surface area contributed by atoms with E-state index in [1.165, 1.54) is 43.2 Å². The van der Waals surface area contributed by atoms with Gasteiger partial charge in [0.1, 0.15) is 0 Å². The molecule has 0 fully saturated rings. The van der Waals surface area contributed by atoms with E-state index in [2.05, 4.69) is 50.3 Å². The van der Waals surface area contributed by atoms with Gasteiger partial charge in [0.2, 0.25) is 0 Å². The average molecular weight is 202 g/mol. The number of allylic oxidation sites excluding steroid dienone is 1. The van der Waals surface area contributed by atoms with Crippen molar-refractivity contribution in [3.8, 4) is 0 Å². The van der Waals surface area contributed by atoms with Crippen molar-refractivity contribution in [2.45, 2.75) is 46.0 Å². The van der Waals surface area contributed by atoms with E-state index in [1.54, 1.807) is 0 Å². The van der Waals surface area contributed by atoms with E-state index in [-0.39, 0.29) is 0 Å². The summed E-state index contributed by atoms with van der Waals surface area (Å²) in [6.45, 7) is 4.39. The molecule has 0 unspecified atom stereocenters. The Morgan fingerprint density at radius 3 is 2.73 bits per heavy atom. The van der Waals surface area contributed by atoms with Crippen LogP contribution in [0.25, 0.3) is 6.08 Å². The van der Waals surface area contributed by atoms with Gasteiger partial charge in [-0.3, -0.25) is 0 Å². The van der Waals surface area contributed by atoms with E-state index in [0.29, 0.717) is 0 Å². The van der Waals surface area contributed by atoms with Crippen molar-refractivity contribution in [1.29, 1.82) is 0 Å². The first-order valence-electron chi connectivity index (χ1n) is 6.06. The van der Waals surface area contributed by atoms with Crippen LogP contribution in [0.1, 0.15) is 50.2 Å². The molecule has 0 saturated carbocycles. The van der Waals surface area contributed by atoms with Crippen molar-refractivity contribution < 1.29 is 0 Å². The number of rotatable bonds is 6. The van der Waals surface area contributed by atoms with Crippen molar-refractivity contribution in [2.24, 2.45) is 0 Å². The van der Waals surface area contributed by atoms with Crippen LogP contribution in [0.2, 0.25) is 0 Å². The second-order valence-corrected chi connectivity index (χ2v) is 4.17. The highest BCUT2D eigenvalue weighted by Crippen LogP contribution is 2.08. The van der Waals surface area contributed by atoms with Gasteiger partial charge < -0.3 is 0 Å². The van der Waals surface area contributed by atoms with Gasteiger partial charge in [0, 0.05) is 0 Å². The summed E-state index contributed by atoms with van der Waals surface area (Å²) >= 11 is 0. The van der Waals surface area contributed by atoms with E-state index in [4.69, 9.17) is 0 Å². The molecular formula is C15H22. The van der Waals surface area contributed by atoms with Crippen LogP contribution >= 0.6 is 0 Å². The predicted octanol–water partition coefficient (Wildman–Crippen LogP) is 4.98. The summed E-state index contributed by atoms with van der Waals surface area (Å²) in [6, 6.07) is 8.64. The third-order valence-electron chi connectivity index (χ3n) is 2.58. The van der Waals surface area contributed by atoms with Crippen LogP contribution in [0.5, 0.6) is 0 Å². The fourth-order valence-corrected chi connectivity index (χ4v) is 1.68. The van der Waals surface area contributed by atoms with Gasteiger partial charge in [0.05, 0.1) is 0 Å². The zero-order valence-corrected chi connectivity index (χ0v) is 10.00. The Kier molecular flexibility index (Phi) is 5.84. The summed E-state index contributed by atoms with van der Waals surface area (Å²) in [6.07, 6.45) is 11.1. The Balaban J connectivity index is 2.26. The monoisotopic (exact) mass is 202 g/mol. The molecule has 15 heavy (non-hydrogen) atoms. The number of hydrogen-bond acceptors (Lipinski definition) is 0. The molecule has 0 atom stereocenters.